The summed E-state index contributed by atoms with van der Waals surface area (Å²) in [7, 11) is -2.40. The number of alkyl halides is 3. The molecule has 0 saturated heterocycles. The molecule has 0 aliphatic heterocycles. The molecule has 1 N–H and O–H groups in total. The minimum absolute atomic E-state index is 0.0396. The predicted molar refractivity (Wildman–Crippen MR) is 153 cm³/mol. The molecule has 0 unspecified atom stereocenters. The number of carbonyl (C=O) groups excluding carboxylic acids is 1. The Labute approximate surface area is 242 Å². The van der Waals surface area contributed by atoms with E-state index in [1.807, 2.05) is 30.3 Å². The van der Waals surface area contributed by atoms with E-state index in [0.717, 1.165) is 17.7 Å². The number of rotatable bonds is 10. The highest BCUT2D eigenvalue weighted by molar-refractivity contribution is 7.89. The van der Waals surface area contributed by atoms with Gasteiger partial charge in [0.05, 0.1) is 23.3 Å². The van der Waals surface area contributed by atoms with Crippen LogP contribution in [-0.2, 0) is 29.3 Å². The van der Waals surface area contributed by atoms with Gasteiger partial charge >= 0.3 is 6.18 Å². The average Bonchev–Trinajstić information content (AvgIpc) is 3.00. The summed E-state index contributed by atoms with van der Waals surface area (Å²) < 4.78 is 72.7. The van der Waals surface area contributed by atoms with Gasteiger partial charge in [0.15, 0.2) is 0 Å². The van der Waals surface area contributed by atoms with E-state index in [0.29, 0.717) is 11.3 Å². The van der Waals surface area contributed by atoms with Gasteiger partial charge in [0, 0.05) is 18.7 Å². The molecule has 0 heterocycles. The van der Waals surface area contributed by atoms with Crippen LogP contribution in [0.4, 0.5) is 13.2 Å². The van der Waals surface area contributed by atoms with E-state index >= 15 is 0 Å². The largest absolute Gasteiger partial charge is 0.497 e. The number of nitrogens with one attached hydrogen (secondary N) is 1. The number of hydrazone groups is 1. The van der Waals surface area contributed by atoms with Crippen molar-refractivity contribution in [2.24, 2.45) is 5.10 Å². The topological polar surface area (TPSA) is 88.1 Å². The molecule has 42 heavy (non-hydrogen) atoms. The Morgan fingerprint density at radius 1 is 0.833 bits per heavy atom. The molecule has 0 atom stereocenters. The lowest BCUT2D eigenvalue weighted by molar-refractivity contribution is -0.137. The van der Waals surface area contributed by atoms with Crippen LogP contribution in [0.5, 0.6) is 5.75 Å². The van der Waals surface area contributed by atoms with Gasteiger partial charge in [0.1, 0.15) is 5.75 Å². The molecule has 4 aromatic carbocycles. The van der Waals surface area contributed by atoms with Gasteiger partial charge in [-0.05, 0) is 72.1 Å². The number of nitrogens with zero attached hydrogens (tertiary/aromatic N) is 2. The fraction of sp³-hybridized carbons (Fsp3) is 0.161. The second-order valence-electron chi connectivity index (χ2n) is 9.35. The van der Waals surface area contributed by atoms with Crippen molar-refractivity contribution in [1.29, 1.82) is 0 Å². The summed E-state index contributed by atoms with van der Waals surface area (Å²) in [6.07, 6.45) is -4.49. The highest BCUT2D eigenvalue weighted by Crippen LogP contribution is 2.29. The second-order valence-corrected chi connectivity index (χ2v) is 11.3. The molecule has 11 heteroatoms. The fourth-order valence-electron chi connectivity index (χ4n) is 4.06. The molecule has 0 bridgehead atoms. The van der Waals surface area contributed by atoms with Crippen molar-refractivity contribution >= 4 is 21.6 Å². The first-order valence-electron chi connectivity index (χ1n) is 12.8. The van der Waals surface area contributed by atoms with Crippen molar-refractivity contribution in [3.8, 4) is 5.75 Å². The summed E-state index contributed by atoms with van der Waals surface area (Å²) in [5, 5.41) is 3.94. The number of ether oxygens (including phenoxy) is 1. The highest BCUT2D eigenvalue weighted by Gasteiger charge is 2.30. The van der Waals surface area contributed by atoms with Gasteiger partial charge in [-0.1, -0.05) is 54.6 Å². The second kappa shape index (κ2) is 13.0. The molecule has 0 aliphatic rings. The third kappa shape index (κ3) is 7.62. The van der Waals surface area contributed by atoms with Crippen molar-refractivity contribution in [2.45, 2.75) is 31.1 Å². The SMILES string of the molecule is COc1ccc(S(=O)(=O)N(Cc2ccccc2)Cc2ccc(C(=O)N/N=C(/C)c3cccc(C(F)(F)F)c3)cc2)cc1. The van der Waals surface area contributed by atoms with E-state index in [-0.39, 0.29) is 34.8 Å². The van der Waals surface area contributed by atoms with Gasteiger partial charge in [-0.25, -0.2) is 13.8 Å². The summed E-state index contributed by atoms with van der Waals surface area (Å²) in [6, 6.07) is 26.3. The van der Waals surface area contributed by atoms with Gasteiger partial charge in [0.25, 0.3) is 5.91 Å². The lowest BCUT2D eigenvalue weighted by Crippen LogP contribution is -2.30. The van der Waals surface area contributed by atoms with Crippen LogP contribution in [0.2, 0.25) is 0 Å². The molecule has 0 saturated carbocycles. The first-order valence-corrected chi connectivity index (χ1v) is 14.2. The molecule has 7 nitrogen and oxygen atoms in total. The van der Waals surface area contributed by atoms with Crippen molar-refractivity contribution in [1.82, 2.24) is 9.73 Å². The van der Waals surface area contributed by atoms with E-state index in [2.05, 4.69) is 10.5 Å². The van der Waals surface area contributed by atoms with Crippen LogP contribution in [0.1, 0.15) is 39.5 Å². The van der Waals surface area contributed by atoms with Crippen molar-refractivity contribution in [3.05, 3.63) is 131 Å². The summed E-state index contributed by atoms with van der Waals surface area (Å²) in [5.74, 6) is -0.0355. The minimum atomic E-state index is -4.49. The summed E-state index contributed by atoms with van der Waals surface area (Å²) in [6.45, 7) is 1.66. The zero-order valence-corrected chi connectivity index (χ0v) is 23.6. The molecule has 0 fully saturated rings. The first kappa shape index (κ1) is 30.5. The molecule has 0 aromatic heterocycles. The Bertz CT molecular complexity index is 1660. The Balaban J connectivity index is 1.50. The van der Waals surface area contributed by atoms with Gasteiger partial charge in [-0.15, -0.1) is 0 Å². The number of sulfonamides is 1. The Kier molecular flexibility index (Phi) is 9.44. The van der Waals surface area contributed by atoms with Crippen LogP contribution in [-0.4, -0.2) is 31.5 Å². The predicted octanol–water partition coefficient (Wildman–Crippen LogP) is 6.26. The standard InChI is InChI=1S/C31H28F3N3O4S/c1-22(26-9-6-10-27(19-26)31(32,33)34)35-36-30(38)25-13-11-24(12-14-25)21-37(20-23-7-4-3-5-8-23)42(39,40)29-17-15-28(41-2)16-18-29/h3-19H,20-21H2,1-2H3,(H,36,38)/b35-22-. The molecular weight excluding hydrogens is 567 g/mol. The smallest absolute Gasteiger partial charge is 0.416 e. The van der Waals surface area contributed by atoms with E-state index in [1.54, 1.807) is 24.3 Å². The van der Waals surface area contributed by atoms with E-state index in [9.17, 15) is 26.4 Å². The maximum atomic E-state index is 13.6. The van der Waals surface area contributed by atoms with Crippen LogP contribution in [0.3, 0.4) is 0 Å². The molecule has 0 spiro atoms. The number of hydrogen-bond donors (Lipinski definition) is 1. The molecule has 0 radical (unpaired) electrons. The van der Waals surface area contributed by atoms with E-state index in [4.69, 9.17) is 4.74 Å². The van der Waals surface area contributed by atoms with Crippen LogP contribution in [0, 0.1) is 0 Å². The van der Waals surface area contributed by atoms with Gasteiger partial charge in [-0.2, -0.15) is 22.6 Å². The Hall–Kier alpha value is -4.48. The van der Waals surface area contributed by atoms with Crippen molar-refractivity contribution in [3.63, 3.8) is 0 Å². The first-order chi connectivity index (χ1) is 20.0. The monoisotopic (exact) mass is 595 g/mol. The normalized spacial score (nSPS) is 12.3. The van der Waals surface area contributed by atoms with Gasteiger partial charge in [0.2, 0.25) is 10.0 Å². The molecule has 1 amide bonds. The van der Waals surface area contributed by atoms with E-state index in [1.165, 1.54) is 54.7 Å². The number of hydrogen-bond acceptors (Lipinski definition) is 5. The van der Waals surface area contributed by atoms with Crippen LogP contribution < -0.4 is 10.2 Å². The zero-order chi connectivity index (χ0) is 30.3. The molecule has 0 aliphatic carbocycles. The summed E-state index contributed by atoms with van der Waals surface area (Å²) in [4.78, 5) is 12.8. The average molecular weight is 596 g/mol. The molecule has 4 rings (SSSR count). The maximum Gasteiger partial charge on any atom is 0.416 e. The van der Waals surface area contributed by atoms with Crippen molar-refractivity contribution < 1.29 is 31.1 Å². The molecule has 4 aromatic rings. The maximum absolute atomic E-state index is 13.6. The van der Waals surface area contributed by atoms with Crippen LogP contribution in [0.25, 0.3) is 0 Å². The quantitative estimate of drug-likeness (QED) is 0.173. The number of benzene rings is 4. The lowest BCUT2D eigenvalue weighted by atomic mass is 10.1. The van der Waals surface area contributed by atoms with Gasteiger partial charge in [-0.3, -0.25) is 4.79 Å². The number of carbonyl (C=O) groups is 1. The number of methoxy groups -OCH3 is 1. The molecular formula is C31H28F3N3O4S. The van der Waals surface area contributed by atoms with Crippen LogP contribution >= 0.6 is 0 Å². The van der Waals surface area contributed by atoms with E-state index < -0.39 is 27.7 Å². The van der Waals surface area contributed by atoms with Gasteiger partial charge < -0.3 is 4.74 Å². The number of halogens is 3. The summed E-state index contributed by atoms with van der Waals surface area (Å²) in [5.41, 5.74) is 3.65. The fourth-order valence-corrected chi connectivity index (χ4v) is 5.48. The Morgan fingerprint density at radius 2 is 1.45 bits per heavy atom. The lowest BCUT2D eigenvalue weighted by Gasteiger charge is -2.23. The third-order valence-corrected chi connectivity index (χ3v) is 8.21. The summed E-state index contributed by atoms with van der Waals surface area (Å²) >= 11 is 0. The van der Waals surface area contributed by atoms with Crippen LogP contribution in [0.15, 0.2) is 113 Å². The molecule has 218 valence electrons. The zero-order valence-electron chi connectivity index (χ0n) is 22.8. The minimum Gasteiger partial charge on any atom is -0.497 e. The van der Waals surface area contributed by atoms with Crippen molar-refractivity contribution in [2.75, 3.05) is 7.11 Å². The third-order valence-electron chi connectivity index (χ3n) is 6.41. The number of amides is 1. The Morgan fingerprint density at radius 3 is 2.05 bits per heavy atom. The highest BCUT2D eigenvalue weighted by atomic mass is 32.2.